The van der Waals surface area contributed by atoms with Gasteiger partial charge in [-0.05, 0) is 30.3 Å². The minimum atomic E-state index is -0.506. The van der Waals surface area contributed by atoms with Crippen LogP contribution in [0, 0.1) is 11.3 Å². The van der Waals surface area contributed by atoms with Crippen LogP contribution in [-0.4, -0.2) is 45.2 Å². The zero-order chi connectivity index (χ0) is 21.8. The number of anilines is 2. The summed E-state index contributed by atoms with van der Waals surface area (Å²) in [4.78, 5) is 38.1. The molecule has 1 aliphatic rings. The molecule has 2 aromatic carbocycles. The lowest BCUT2D eigenvalue weighted by Gasteiger charge is -2.12. The summed E-state index contributed by atoms with van der Waals surface area (Å²) in [5.41, 5.74) is 1.76. The van der Waals surface area contributed by atoms with Gasteiger partial charge in [-0.2, -0.15) is 5.26 Å². The number of carbonyl (C=O) groups excluding carboxylic acids is 3. The van der Waals surface area contributed by atoms with Crippen molar-refractivity contribution in [1.82, 2.24) is 15.1 Å². The van der Waals surface area contributed by atoms with Gasteiger partial charge in [-0.3, -0.25) is 19.8 Å². The van der Waals surface area contributed by atoms with E-state index in [1.807, 2.05) is 6.07 Å². The first-order chi connectivity index (χ1) is 15.0. The average molecular weight is 451 g/mol. The highest BCUT2D eigenvalue weighted by molar-refractivity contribution is 8.01. The van der Waals surface area contributed by atoms with E-state index < -0.39 is 6.03 Å². The molecule has 0 aliphatic carbocycles. The van der Waals surface area contributed by atoms with Crippen LogP contribution in [0.5, 0.6) is 0 Å². The molecule has 0 unspecified atom stereocenters. The van der Waals surface area contributed by atoms with Crippen molar-refractivity contribution >= 4 is 51.8 Å². The Kier molecular flexibility index (Phi) is 5.92. The second-order valence-electron chi connectivity index (χ2n) is 6.30. The van der Waals surface area contributed by atoms with Gasteiger partial charge in [-0.15, -0.1) is 10.2 Å². The van der Waals surface area contributed by atoms with E-state index in [1.54, 1.807) is 48.5 Å². The molecule has 4 rings (SSSR count). The molecular formula is C20H14N6O3S2. The van der Waals surface area contributed by atoms with Gasteiger partial charge < -0.3 is 5.32 Å². The lowest BCUT2D eigenvalue weighted by molar-refractivity contribution is 0.0664. The highest BCUT2D eigenvalue weighted by Gasteiger charge is 2.34. The monoisotopic (exact) mass is 450 g/mol. The molecule has 0 atom stereocenters. The van der Waals surface area contributed by atoms with Gasteiger partial charge in [0.1, 0.15) is 0 Å². The number of amides is 4. The van der Waals surface area contributed by atoms with Gasteiger partial charge in [-0.25, -0.2) is 4.79 Å². The molecule has 0 spiro atoms. The summed E-state index contributed by atoms with van der Waals surface area (Å²) in [6, 6.07) is 14.8. The van der Waals surface area contributed by atoms with Crippen LogP contribution in [0.1, 0.15) is 26.3 Å². The van der Waals surface area contributed by atoms with Crippen molar-refractivity contribution in [3.63, 3.8) is 0 Å². The normalized spacial score (nSPS) is 12.4. The molecule has 0 fully saturated rings. The van der Waals surface area contributed by atoms with Crippen LogP contribution in [0.3, 0.4) is 0 Å². The molecule has 2 heterocycles. The Morgan fingerprint density at radius 1 is 1.06 bits per heavy atom. The van der Waals surface area contributed by atoms with Crippen molar-refractivity contribution in [3.05, 3.63) is 65.2 Å². The minimum Gasteiger partial charge on any atom is -0.308 e. The highest BCUT2D eigenvalue weighted by atomic mass is 32.2. The molecule has 0 bridgehead atoms. The van der Waals surface area contributed by atoms with E-state index in [0.29, 0.717) is 37.6 Å². The standard InChI is InChI=1S/C20H14N6O3S2/c21-11-12-4-3-5-13(10-12)22-18(29)23-19-24-25-20(31-19)30-9-8-26-16(27)14-6-1-2-7-15(14)17(26)28/h1-7,10H,8-9H2,(H2,22,23,24,29). The summed E-state index contributed by atoms with van der Waals surface area (Å²) in [6.07, 6.45) is 0. The summed E-state index contributed by atoms with van der Waals surface area (Å²) in [7, 11) is 0. The molecule has 0 saturated carbocycles. The van der Waals surface area contributed by atoms with Crippen LogP contribution >= 0.6 is 23.1 Å². The van der Waals surface area contributed by atoms with Crippen molar-refractivity contribution in [2.24, 2.45) is 0 Å². The maximum Gasteiger partial charge on any atom is 0.325 e. The number of carbonyl (C=O) groups is 3. The van der Waals surface area contributed by atoms with Crippen LogP contribution in [0.4, 0.5) is 15.6 Å². The molecule has 1 aromatic heterocycles. The van der Waals surface area contributed by atoms with E-state index in [9.17, 15) is 14.4 Å². The average Bonchev–Trinajstić information content (AvgIpc) is 3.31. The maximum absolute atomic E-state index is 12.4. The first kappa shape index (κ1) is 20.5. The predicted molar refractivity (Wildman–Crippen MR) is 116 cm³/mol. The largest absolute Gasteiger partial charge is 0.325 e. The SMILES string of the molecule is N#Cc1cccc(NC(=O)Nc2nnc(SCCN3C(=O)c4ccccc4C3=O)s2)c1. The molecule has 4 amide bonds. The third kappa shape index (κ3) is 4.55. The van der Waals surface area contributed by atoms with E-state index in [1.165, 1.54) is 28.0 Å². The summed E-state index contributed by atoms with van der Waals surface area (Å²) in [5.74, 6) is -0.135. The maximum atomic E-state index is 12.4. The summed E-state index contributed by atoms with van der Waals surface area (Å²) >= 11 is 2.52. The molecule has 0 radical (unpaired) electrons. The number of benzene rings is 2. The summed E-state index contributed by atoms with van der Waals surface area (Å²) in [6.45, 7) is 0.245. The Bertz CT molecular complexity index is 1180. The fourth-order valence-corrected chi connectivity index (χ4v) is 4.65. The van der Waals surface area contributed by atoms with Gasteiger partial charge in [0.15, 0.2) is 4.34 Å². The van der Waals surface area contributed by atoms with Gasteiger partial charge in [-0.1, -0.05) is 41.3 Å². The zero-order valence-electron chi connectivity index (χ0n) is 15.9. The molecule has 11 heteroatoms. The van der Waals surface area contributed by atoms with Crippen molar-refractivity contribution in [1.29, 1.82) is 5.26 Å². The number of imide groups is 1. The number of hydrogen-bond acceptors (Lipinski definition) is 8. The van der Waals surface area contributed by atoms with E-state index in [2.05, 4.69) is 20.8 Å². The van der Waals surface area contributed by atoms with Crippen molar-refractivity contribution < 1.29 is 14.4 Å². The van der Waals surface area contributed by atoms with Crippen LogP contribution in [0.15, 0.2) is 52.9 Å². The highest BCUT2D eigenvalue weighted by Crippen LogP contribution is 2.27. The molecule has 1 aliphatic heterocycles. The van der Waals surface area contributed by atoms with E-state index in [0.717, 1.165) is 0 Å². The Hall–Kier alpha value is -3.75. The summed E-state index contributed by atoms with van der Waals surface area (Å²) < 4.78 is 0.596. The van der Waals surface area contributed by atoms with Gasteiger partial charge >= 0.3 is 6.03 Å². The molecule has 0 saturated heterocycles. The second-order valence-corrected chi connectivity index (χ2v) is 8.62. The van der Waals surface area contributed by atoms with Crippen LogP contribution in [0.25, 0.3) is 0 Å². The van der Waals surface area contributed by atoms with E-state index in [4.69, 9.17) is 5.26 Å². The molecule has 31 heavy (non-hydrogen) atoms. The third-order valence-corrected chi connectivity index (χ3v) is 6.25. The number of thioether (sulfide) groups is 1. The fourth-order valence-electron chi connectivity index (χ4n) is 2.91. The number of nitriles is 1. The molecular weight excluding hydrogens is 436 g/mol. The first-order valence-corrected chi connectivity index (χ1v) is 10.8. The third-order valence-electron chi connectivity index (χ3n) is 4.30. The van der Waals surface area contributed by atoms with Crippen molar-refractivity contribution in [3.8, 4) is 6.07 Å². The first-order valence-electron chi connectivity index (χ1n) is 9.05. The Morgan fingerprint density at radius 2 is 1.81 bits per heavy atom. The Morgan fingerprint density at radius 3 is 2.52 bits per heavy atom. The molecule has 2 N–H and O–H groups in total. The topological polar surface area (TPSA) is 128 Å². The molecule has 3 aromatic rings. The van der Waals surface area contributed by atoms with Gasteiger partial charge in [0.25, 0.3) is 11.8 Å². The van der Waals surface area contributed by atoms with Gasteiger partial charge in [0, 0.05) is 18.0 Å². The predicted octanol–water partition coefficient (Wildman–Crippen LogP) is 3.44. The van der Waals surface area contributed by atoms with Crippen molar-refractivity contribution in [2.75, 3.05) is 22.9 Å². The number of fused-ring (bicyclic) bond motifs is 1. The van der Waals surface area contributed by atoms with E-state index >= 15 is 0 Å². The molecule has 154 valence electrons. The van der Waals surface area contributed by atoms with Crippen LogP contribution in [-0.2, 0) is 0 Å². The Balaban J connectivity index is 1.28. The van der Waals surface area contributed by atoms with Gasteiger partial charge in [0.05, 0.1) is 22.8 Å². The van der Waals surface area contributed by atoms with Crippen LogP contribution in [0.2, 0.25) is 0 Å². The summed E-state index contributed by atoms with van der Waals surface area (Å²) in [5, 5.41) is 22.3. The number of hydrogen-bond donors (Lipinski definition) is 2. The smallest absolute Gasteiger partial charge is 0.308 e. The molecule has 9 nitrogen and oxygen atoms in total. The second kappa shape index (κ2) is 8.95. The van der Waals surface area contributed by atoms with Gasteiger partial charge in [0.2, 0.25) is 5.13 Å². The lowest BCUT2D eigenvalue weighted by atomic mass is 10.1. The minimum absolute atomic E-state index is 0.245. The Labute approximate surface area is 185 Å². The number of nitrogens with zero attached hydrogens (tertiary/aromatic N) is 4. The fraction of sp³-hybridized carbons (Fsp3) is 0.100. The lowest BCUT2D eigenvalue weighted by Crippen LogP contribution is -2.31. The number of aromatic nitrogens is 2. The number of urea groups is 1. The number of rotatable bonds is 6. The van der Waals surface area contributed by atoms with E-state index in [-0.39, 0.29) is 18.4 Å². The number of nitrogens with one attached hydrogen (secondary N) is 2. The van der Waals surface area contributed by atoms with Crippen molar-refractivity contribution in [2.45, 2.75) is 4.34 Å². The van der Waals surface area contributed by atoms with Crippen LogP contribution < -0.4 is 10.6 Å². The zero-order valence-corrected chi connectivity index (χ0v) is 17.5. The quantitative estimate of drug-likeness (QED) is 0.334.